The lowest BCUT2D eigenvalue weighted by Gasteiger charge is -2.14. The van der Waals surface area contributed by atoms with Gasteiger partial charge in [-0.05, 0) is 74.8 Å². The second-order valence-corrected chi connectivity index (χ2v) is 6.70. The molecule has 1 aromatic rings. The summed E-state index contributed by atoms with van der Waals surface area (Å²) in [5.41, 5.74) is 8.19. The number of aryl methyl sites for hydroxylation is 1. The molecule has 2 rings (SSSR count). The molecule has 0 saturated carbocycles. The Morgan fingerprint density at radius 3 is 2.55 bits per heavy atom. The molecule has 0 heterocycles. The fraction of sp³-hybridized carbons (Fsp3) is 0.600. The number of nitrogens with two attached hydrogens (primary N) is 1. The lowest BCUT2D eigenvalue weighted by molar-refractivity contribution is -0.192. The molecule has 0 bridgehead atoms. The number of fused-ring (bicyclic) bond motifs is 1. The van der Waals surface area contributed by atoms with Crippen molar-refractivity contribution in [1.29, 1.82) is 0 Å². The minimum Gasteiger partial charge on any atom is -0.494 e. The molecule has 3 N–H and O–H groups in total. The van der Waals surface area contributed by atoms with Gasteiger partial charge in [0.05, 0.1) is 13.2 Å². The van der Waals surface area contributed by atoms with E-state index in [-0.39, 0.29) is 5.97 Å². The lowest BCUT2D eigenvalue weighted by atomic mass is 9.94. The molecule has 0 aliphatic heterocycles. The monoisotopic (exact) mass is 419 g/mol. The summed E-state index contributed by atoms with van der Waals surface area (Å²) in [6, 6.07) is 6.33. The van der Waals surface area contributed by atoms with Gasteiger partial charge in [-0.3, -0.25) is 4.79 Å². The van der Waals surface area contributed by atoms with Crippen molar-refractivity contribution in [2.75, 3.05) is 19.8 Å². The molecule has 1 aliphatic rings. The SMILES string of the molecule is CCOC(=O)CC1CCCc2cc(OCCCN)ccc2C1.O=C(O)C(F)(F)F. The second-order valence-electron chi connectivity index (χ2n) is 6.70. The summed E-state index contributed by atoms with van der Waals surface area (Å²) >= 11 is 0. The molecule has 1 atom stereocenters. The van der Waals surface area contributed by atoms with Crippen LogP contribution in [0.25, 0.3) is 0 Å². The van der Waals surface area contributed by atoms with Gasteiger partial charge in [-0.2, -0.15) is 13.2 Å². The summed E-state index contributed by atoms with van der Waals surface area (Å²) in [7, 11) is 0. The van der Waals surface area contributed by atoms with E-state index in [0.29, 0.717) is 32.1 Å². The maximum atomic E-state index is 11.7. The summed E-state index contributed by atoms with van der Waals surface area (Å²) < 4.78 is 42.5. The number of carbonyl (C=O) groups is 2. The van der Waals surface area contributed by atoms with Crippen LogP contribution < -0.4 is 10.5 Å². The van der Waals surface area contributed by atoms with Crippen LogP contribution in [-0.4, -0.2) is 43.0 Å². The molecule has 0 saturated heterocycles. The first-order chi connectivity index (χ1) is 13.7. The molecule has 164 valence electrons. The van der Waals surface area contributed by atoms with Gasteiger partial charge in [0, 0.05) is 6.42 Å². The Hall–Kier alpha value is -2.29. The molecule has 0 radical (unpaired) electrons. The first-order valence-electron chi connectivity index (χ1n) is 9.57. The molecule has 0 aromatic heterocycles. The smallest absolute Gasteiger partial charge is 0.490 e. The number of rotatable bonds is 7. The molecule has 1 unspecified atom stereocenters. The highest BCUT2D eigenvalue weighted by Gasteiger charge is 2.38. The molecule has 1 aromatic carbocycles. The van der Waals surface area contributed by atoms with Crippen molar-refractivity contribution in [3.63, 3.8) is 0 Å². The van der Waals surface area contributed by atoms with Crippen molar-refractivity contribution in [3.05, 3.63) is 29.3 Å². The molecule has 6 nitrogen and oxygen atoms in total. The Balaban J connectivity index is 0.000000516. The van der Waals surface area contributed by atoms with Crippen LogP contribution in [0.4, 0.5) is 13.2 Å². The third-order valence-electron chi connectivity index (χ3n) is 4.37. The summed E-state index contributed by atoms with van der Waals surface area (Å²) in [6.45, 7) is 3.64. The van der Waals surface area contributed by atoms with Gasteiger partial charge >= 0.3 is 18.1 Å². The Morgan fingerprint density at radius 1 is 1.28 bits per heavy atom. The number of esters is 1. The molecule has 29 heavy (non-hydrogen) atoms. The van der Waals surface area contributed by atoms with E-state index in [2.05, 4.69) is 12.1 Å². The van der Waals surface area contributed by atoms with E-state index in [1.165, 1.54) is 11.1 Å². The lowest BCUT2D eigenvalue weighted by Crippen LogP contribution is -2.21. The normalized spacial score (nSPS) is 16.0. The van der Waals surface area contributed by atoms with Crippen LogP contribution in [0, 0.1) is 5.92 Å². The number of hydrogen-bond acceptors (Lipinski definition) is 5. The first-order valence-corrected chi connectivity index (χ1v) is 9.57. The Morgan fingerprint density at radius 2 is 1.97 bits per heavy atom. The first kappa shape index (κ1) is 24.7. The Bertz CT molecular complexity index is 664. The number of alkyl halides is 3. The highest BCUT2D eigenvalue weighted by molar-refractivity contribution is 5.73. The van der Waals surface area contributed by atoms with Gasteiger partial charge in [0.1, 0.15) is 5.75 Å². The van der Waals surface area contributed by atoms with Gasteiger partial charge in [-0.15, -0.1) is 0 Å². The van der Waals surface area contributed by atoms with Crippen molar-refractivity contribution >= 4 is 11.9 Å². The van der Waals surface area contributed by atoms with Crippen LogP contribution in [0.3, 0.4) is 0 Å². The predicted octanol–water partition coefficient (Wildman–Crippen LogP) is 3.50. The Kier molecular flexibility index (Phi) is 10.5. The zero-order valence-corrected chi connectivity index (χ0v) is 16.5. The van der Waals surface area contributed by atoms with Gasteiger partial charge < -0.3 is 20.3 Å². The molecule has 1 aliphatic carbocycles. The molecule has 0 amide bonds. The average Bonchev–Trinajstić information content (AvgIpc) is 2.83. The largest absolute Gasteiger partial charge is 0.494 e. The number of carbonyl (C=O) groups excluding carboxylic acids is 1. The van der Waals surface area contributed by atoms with E-state index in [1.807, 2.05) is 13.0 Å². The van der Waals surface area contributed by atoms with Gasteiger partial charge in [0.25, 0.3) is 0 Å². The van der Waals surface area contributed by atoms with Crippen molar-refractivity contribution < 1.29 is 37.3 Å². The van der Waals surface area contributed by atoms with Crippen molar-refractivity contribution in [1.82, 2.24) is 0 Å². The number of carboxylic acids is 1. The van der Waals surface area contributed by atoms with Crippen LogP contribution in [0.1, 0.15) is 43.7 Å². The fourth-order valence-electron chi connectivity index (χ4n) is 3.02. The number of hydrogen-bond donors (Lipinski definition) is 2. The number of carboxylic acid groups (broad SMARTS) is 1. The minimum absolute atomic E-state index is 0.0716. The summed E-state index contributed by atoms with van der Waals surface area (Å²) in [5, 5.41) is 7.12. The van der Waals surface area contributed by atoms with Gasteiger partial charge in [-0.1, -0.05) is 6.07 Å². The number of ether oxygens (including phenoxy) is 2. The van der Waals surface area contributed by atoms with Gasteiger partial charge in [0.15, 0.2) is 0 Å². The molecule has 0 spiro atoms. The van der Waals surface area contributed by atoms with Crippen molar-refractivity contribution in [3.8, 4) is 5.75 Å². The standard InChI is InChI=1S/C18H27NO3.C2HF3O2/c1-2-21-18(20)12-14-5-3-6-15-13-17(22-10-4-9-19)8-7-16(15)11-14;3-2(4,5)1(6)7/h7-8,13-14H,2-6,9-12,19H2,1H3;(H,6,7). The van der Waals surface area contributed by atoms with Crippen LogP contribution >= 0.6 is 0 Å². The second kappa shape index (κ2) is 12.3. The number of benzene rings is 1. The zero-order chi connectivity index (χ0) is 21.9. The van der Waals surface area contributed by atoms with Crippen molar-refractivity contribution in [2.45, 2.75) is 51.6 Å². The molecular formula is C20H28F3NO5. The van der Waals surface area contributed by atoms with E-state index in [4.69, 9.17) is 25.1 Å². The summed E-state index contributed by atoms with van der Waals surface area (Å²) in [4.78, 5) is 20.6. The van der Waals surface area contributed by atoms with E-state index in [9.17, 15) is 18.0 Å². The van der Waals surface area contributed by atoms with Crippen LogP contribution in [-0.2, 0) is 27.2 Å². The van der Waals surface area contributed by atoms with E-state index < -0.39 is 12.1 Å². The maximum Gasteiger partial charge on any atom is 0.490 e. The topological polar surface area (TPSA) is 98.9 Å². The third kappa shape index (κ3) is 9.65. The van der Waals surface area contributed by atoms with E-state index in [1.54, 1.807) is 0 Å². The highest BCUT2D eigenvalue weighted by Crippen LogP contribution is 2.29. The van der Waals surface area contributed by atoms with E-state index >= 15 is 0 Å². The zero-order valence-electron chi connectivity index (χ0n) is 16.5. The molecular weight excluding hydrogens is 391 g/mol. The Labute approximate surface area is 168 Å². The molecule has 9 heteroatoms. The van der Waals surface area contributed by atoms with Gasteiger partial charge in [-0.25, -0.2) is 4.79 Å². The third-order valence-corrected chi connectivity index (χ3v) is 4.37. The fourth-order valence-corrected chi connectivity index (χ4v) is 3.02. The number of aliphatic carboxylic acids is 1. The number of halogens is 3. The summed E-state index contributed by atoms with van der Waals surface area (Å²) in [6.07, 6.45) is 0.529. The van der Waals surface area contributed by atoms with Crippen LogP contribution in [0.2, 0.25) is 0 Å². The predicted molar refractivity (Wildman–Crippen MR) is 101 cm³/mol. The average molecular weight is 419 g/mol. The summed E-state index contributed by atoms with van der Waals surface area (Å²) in [5.74, 6) is -1.51. The van der Waals surface area contributed by atoms with Gasteiger partial charge in [0.2, 0.25) is 0 Å². The maximum absolute atomic E-state index is 11.7. The van der Waals surface area contributed by atoms with Crippen LogP contribution in [0.15, 0.2) is 18.2 Å². The quantitative estimate of drug-likeness (QED) is 0.399. The minimum atomic E-state index is -5.08. The highest BCUT2D eigenvalue weighted by atomic mass is 19.4. The molecule has 0 fully saturated rings. The van der Waals surface area contributed by atoms with Crippen LogP contribution in [0.5, 0.6) is 5.75 Å². The van der Waals surface area contributed by atoms with Crippen molar-refractivity contribution in [2.24, 2.45) is 11.7 Å². The van der Waals surface area contributed by atoms with E-state index in [0.717, 1.165) is 37.9 Å².